The van der Waals surface area contributed by atoms with Crippen molar-refractivity contribution < 1.29 is 4.79 Å². The molecule has 0 unspecified atom stereocenters. The first-order valence-corrected chi connectivity index (χ1v) is 7.84. The van der Waals surface area contributed by atoms with Crippen molar-refractivity contribution in [1.82, 2.24) is 5.32 Å². The maximum absolute atomic E-state index is 12.1. The minimum atomic E-state index is -0.557. The maximum Gasteiger partial charge on any atom is 0.238 e. The number of carbonyl (C=O) groups excluding carboxylic acids is 1. The van der Waals surface area contributed by atoms with Crippen LogP contribution in [0, 0.1) is 0 Å². The van der Waals surface area contributed by atoms with Crippen LogP contribution < -0.4 is 11.1 Å². The summed E-state index contributed by atoms with van der Waals surface area (Å²) in [4.78, 5) is 12.1. The zero-order valence-corrected chi connectivity index (χ0v) is 12.0. The first kappa shape index (κ1) is 13.6. The minimum Gasteiger partial charge on any atom is -0.368 e. The van der Waals surface area contributed by atoms with Gasteiger partial charge < -0.3 is 5.73 Å². The fraction of sp³-hybridized carbons (Fsp3) is 0.588. The Kier molecular flexibility index (Phi) is 3.79. The first-order valence-electron chi connectivity index (χ1n) is 7.84. The Bertz CT molecular complexity index is 465. The third-order valence-corrected chi connectivity index (χ3v) is 4.91. The minimum absolute atomic E-state index is 0.196. The van der Waals surface area contributed by atoms with Crippen molar-refractivity contribution in [3.63, 3.8) is 0 Å². The molecule has 0 aliphatic heterocycles. The third-order valence-electron chi connectivity index (χ3n) is 4.91. The molecule has 108 valence electrons. The summed E-state index contributed by atoms with van der Waals surface area (Å²) in [6, 6.07) is 8.77. The van der Waals surface area contributed by atoms with Gasteiger partial charge in [0.25, 0.3) is 0 Å². The molecule has 0 heterocycles. The van der Waals surface area contributed by atoms with Crippen LogP contribution in [0.25, 0.3) is 0 Å². The predicted molar refractivity (Wildman–Crippen MR) is 80.4 cm³/mol. The van der Waals surface area contributed by atoms with E-state index in [9.17, 15) is 4.79 Å². The van der Waals surface area contributed by atoms with E-state index in [0.29, 0.717) is 6.04 Å². The average molecular weight is 272 g/mol. The molecular weight excluding hydrogens is 248 g/mol. The quantitative estimate of drug-likeness (QED) is 0.830. The Morgan fingerprint density at radius 2 is 1.60 bits per heavy atom. The van der Waals surface area contributed by atoms with Crippen LogP contribution in [-0.4, -0.2) is 17.5 Å². The predicted octanol–water partition coefficient (Wildman–Crippen LogP) is 2.32. The largest absolute Gasteiger partial charge is 0.368 e. The van der Waals surface area contributed by atoms with Crippen molar-refractivity contribution >= 4 is 5.91 Å². The summed E-state index contributed by atoms with van der Waals surface area (Å²) >= 11 is 0. The smallest absolute Gasteiger partial charge is 0.238 e. The van der Waals surface area contributed by atoms with Crippen molar-refractivity contribution in [2.45, 2.75) is 62.9 Å². The fourth-order valence-corrected chi connectivity index (χ4v) is 3.78. The van der Waals surface area contributed by atoms with Crippen LogP contribution in [0.15, 0.2) is 24.3 Å². The Morgan fingerprint density at radius 3 is 2.10 bits per heavy atom. The summed E-state index contributed by atoms with van der Waals surface area (Å²) in [6.07, 6.45) is 9.00. The van der Waals surface area contributed by atoms with E-state index in [1.807, 2.05) is 12.1 Å². The molecule has 0 radical (unpaired) electrons. The summed E-state index contributed by atoms with van der Waals surface area (Å²) < 4.78 is 0. The van der Waals surface area contributed by atoms with E-state index in [1.54, 1.807) is 0 Å². The molecule has 1 saturated carbocycles. The lowest BCUT2D eigenvalue weighted by molar-refractivity contribution is -0.124. The summed E-state index contributed by atoms with van der Waals surface area (Å²) in [6.45, 7) is 0. The van der Waals surface area contributed by atoms with E-state index in [0.717, 1.165) is 12.8 Å². The Labute approximate surface area is 120 Å². The van der Waals surface area contributed by atoms with Crippen LogP contribution in [0.2, 0.25) is 0 Å². The van der Waals surface area contributed by atoms with Gasteiger partial charge in [0.05, 0.1) is 0 Å². The maximum atomic E-state index is 12.1. The van der Waals surface area contributed by atoms with Crippen molar-refractivity contribution in [2.24, 2.45) is 5.73 Å². The topological polar surface area (TPSA) is 55.1 Å². The third kappa shape index (κ3) is 2.59. The molecule has 3 N–H and O–H groups in total. The van der Waals surface area contributed by atoms with Crippen molar-refractivity contribution in [3.8, 4) is 0 Å². The van der Waals surface area contributed by atoms with E-state index >= 15 is 0 Å². The van der Waals surface area contributed by atoms with Gasteiger partial charge in [-0.3, -0.25) is 10.1 Å². The molecule has 0 bridgehead atoms. The van der Waals surface area contributed by atoms with Gasteiger partial charge in [-0.15, -0.1) is 0 Å². The van der Waals surface area contributed by atoms with Crippen LogP contribution in [-0.2, 0) is 17.6 Å². The lowest BCUT2D eigenvalue weighted by Gasteiger charge is -2.32. The highest BCUT2D eigenvalue weighted by atomic mass is 16.1. The van der Waals surface area contributed by atoms with Gasteiger partial charge in [0.15, 0.2) is 0 Å². The molecule has 0 aromatic heterocycles. The molecule has 0 spiro atoms. The van der Waals surface area contributed by atoms with Gasteiger partial charge in [-0.1, -0.05) is 49.9 Å². The highest BCUT2D eigenvalue weighted by Crippen LogP contribution is 2.31. The molecule has 0 saturated heterocycles. The van der Waals surface area contributed by atoms with Crippen molar-refractivity contribution in [1.29, 1.82) is 0 Å². The van der Waals surface area contributed by atoms with Gasteiger partial charge in [0, 0.05) is 18.9 Å². The molecule has 2 aliphatic carbocycles. The highest BCUT2D eigenvalue weighted by molar-refractivity contribution is 5.86. The van der Waals surface area contributed by atoms with Crippen molar-refractivity contribution in [3.05, 3.63) is 35.4 Å². The van der Waals surface area contributed by atoms with Crippen molar-refractivity contribution in [2.75, 3.05) is 0 Å². The van der Waals surface area contributed by atoms with E-state index in [-0.39, 0.29) is 5.91 Å². The molecule has 1 amide bonds. The number of amides is 1. The molecule has 20 heavy (non-hydrogen) atoms. The molecule has 3 nitrogen and oxygen atoms in total. The standard InChI is InChI=1S/C17H24N2O/c18-16(20)17(19-15-9-3-1-2-4-10-15)11-13-7-5-6-8-14(13)12-17/h5-8,15,19H,1-4,9-12H2,(H2,18,20). The number of carbonyl (C=O) groups is 1. The molecule has 3 rings (SSSR count). The zero-order chi connectivity index (χ0) is 14.0. The van der Waals surface area contributed by atoms with Crippen LogP contribution in [0.3, 0.4) is 0 Å². The van der Waals surface area contributed by atoms with Gasteiger partial charge in [0.2, 0.25) is 5.91 Å². The number of nitrogens with two attached hydrogens (primary N) is 1. The van der Waals surface area contributed by atoms with Crippen LogP contribution >= 0.6 is 0 Å². The lowest BCUT2D eigenvalue weighted by Crippen LogP contribution is -2.59. The average Bonchev–Trinajstić information content (AvgIpc) is 2.62. The molecule has 3 heteroatoms. The highest BCUT2D eigenvalue weighted by Gasteiger charge is 2.43. The van der Waals surface area contributed by atoms with Gasteiger partial charge in [-0.05, 0) is 24.0 Å². The molecular formula is C17H24N2O. The van der Waals surface area contributed by atoms with E-state index in [2.05, 4.69) is 17.4 Å². The molecule has 1 aromatic carbocycles. The van der Waals surface area contributed by atoms with Crippen LogP contribution in [0.1, 0.15) is 49.7 Å². The molecule has 2 aliphatic rings. The number of benzene rings is 1. The van der Waals surface area contributed by atoms with Crippen LogP contribution in [0.4, 0.5) is 0 Å². The normalized spacial score (nSPS) is 22.2. The number of nitrogens with one attached hydrogen (secondary N) is 1. The molecule has 1 fully saturated rings. The fourth-order valence-electron chi connectivity index (χ4n) is 3.78. The summed E-state index contributed by atoms with van der Waals surface area (Å²) in [5.74, 6) is -0.196. The molecule has 0 atom stereocenters. The zero-order valence-electron chi connectivity index (χ0n) is 12.0. The monoisotopic (exact) mass is 272 g/mol. The Balaban J connectivity index is 1.78. The second-order valence-electron chi connectivity index (χ2n) is 6.40. The van der Waals surface area contributed by atoms with E-state index in [4.69, 9.17) is 5.73 Å². The Hall–Kier alpha value is -1.35. The second kappa shape index (κ2) is 5.57. The van der Waals surface area contributed by atoms with Gasteiger partial charge in [-0.2, -0.15) is 0 Å². The Morgan fingerprint density at radius 1 is 1.05 bits per heavy atom. The number of primary amides is 1. The number of rotatable bonds is 3. The SMILES string of the molecule is NC(=O)C1(NC2CCCCCC2)Cc2ccccc2C1. The van der Waals surface area contributed by atoms with E-state index < -0.39 is 5.54 Å². The first-order chi connectivity index (χ1) is 9.70. The van der Waals surface area contributed by atoms with Gasteiger partial charge in [-0.25, -0.2) is 0 Å². The number of fused-ring (bicyclic) bond motifs is 1. The van der Waals surface area contributed by atoms with Gasteiger partial charge in [0.1, 0.15) is 5.54 Å². The number of hydrogen-bond donors (Lipinski definition) is 2. The summed E-state index contributed by atoms with van der Waals surface area (Å²) in [7, 11) is 0. The van der Waals surface area contributed by atoms with Crippen LogP contribution in [0.5, 0.6) is 0 Å². The lowest BCUT2D eigenvalue weighted by atomic mass is 9.92. The summed E-state index contributed by atoms with van der Waals surface area (Å²) in [5.41, 5.74) is 7.75. The summed E-state index contributed by atoms with van der Waals surface area (Å²) in [5, 5.41) is 3.64. The second-order valence-corrected chi connectivity index (χ2v) is 6.40. The van der Waals surface area contributed by atoms with Gasteiger partial charge >= 0.3 is 0 Å². The molecule has 1 aromatic rings. The van der Waals surface area contributed by atoms with E-state index in [1.165, 1.54) is 49.7 Å². The number of hydrogen-bond acceptors (Lipinski definition) is 2.